The molecule has 0 unspecified atom stereocenters. The molecule has 1 aliphatic rings. The first-order valence-corrected chi connectivity index (χ1v) is 7.47. The fourth-order valence-corrected chi connectivity index (χ4v) is 3.32. The van der Waals surface area contributed by atoms with E-state index in [1.165, 1.54) is 17.8 Å². The standard InChI is InChI=1S/C14H17N3OS/c1-10-9-11(16-15-10)12-5-6-13(19-12)14(18)17-7-3-2-4-8-17/h5-6,9H,2-4,7-8H2,1H3,(H,15,16). The summed E-state index contributed by atoms with van der Waals surface area (Å²) in [5.41, 5.74) is 1.95. The Bertz CT molecular complexity index is 581. The fourth-order valence-electron chi connectivity index (χ4n) is 2.39. The lowest BCUT2D eigenvalue weighted by molar-refractivity contribution is 0.0729. The van der Waals surface area contributed by atoms with Crippen LogP contribution in [0.3, 0.4) is 0 Å². The molecule has 5 heteroatoms. The largest absolute Gasteiger partial charge is 0.338 e. The van der Waals surface area contributed by atoms with E-state index in [-0.39, 0.29) is 5.91 Å². The quantitative estimate of drug-likeness (QED) is 0.915. The van der Waals surface area contributed by atoms with Crippen molar-refractivity contribution in [2.24, 2.45) is 0 Å². The Kier molecular flexibility index (Phi) is 3.38. The molecule has 2 aromatic heterocycles. The average molecular weight is 275 g/mol. The number of aromatic nitrogens is 2. The molecular formula is C14H17N3OS. The predicted octanol–water partition coefficient (Wildman–Crippen LogP) is 3.07. The molecule has 0 aromatic carbocycles. The maximum Gasteiger partial charge on any atom is 0.263 e. The molecule has 1 amide bonds. The van der Waals surface area contributed by atoms with Crippen LogP contribution in [0.2, 0.25) is 0 Å². The van der Waals surface area contributed by atoms with Crippen molar-refractivity contribution in [3.05, 3.63) is 28.8 Å². The number of nitrogens with one attached hydrogen (secondary N) is 1. The van der Waals surface area contributed by atoms with Crippen LogP contribution in [-0.2, 0) is 0 Å². The summed E-state index contributed by atoms with van der Waals surface area (Å²) in [6, 6.07) is 5.90. The van der Waals surface area contributed by atoms with Gasteiger partial charge in [-0.25, -0.2) is 0 Å². The van der Waals surface area contributed by atoms with E-state index in [1.54, 1.807) is 0 Å². The van der Waals surface area contributed by atoms with E-state index in [9.17, 15) is 4.79 Å². The van der Waals surface area contributed by atoms with E-state index >= 15 is 0 Å². The van der Waals surface area contributed by atoms with Crippen LogP contribution in [0.5, 0.6) is 0 Å². The summed E-state index contributed by atoms with van der Waals surface area (Å²) >= 11 is 1.53. The lowest BCUT2D eigenvalue weighted by atomic mass is 10.1. The van der Waals surface area contributed by atoms with Gasteiger partial charge in [-0.1, -0.05) is 0 Å². The zero-order valence-electron chi connectivity index (χ0n) is 11.0. The van der Waals surface area contributed by atoms with E-state index < -0.39 is 0 Å². The van der Waals surface area contributed by atoms with E-state index in [1.807, 2.05) is 30.0 Å². The maximum absolute atomic E-state index is 12.4. The number of hydrogen-bond donors (Lipinski definition) is 1. The van der Waals surface area contributed by atoms with Gasteiger partial charge in [-0.05, 0) is 44.4 Å². The minimum Gasteiger partial charge on any atom is -0.338 e. The molecule has 1 aliphatic heterocycles. The van der Waals surface area contributed by atoms with Gasteiger partial charge in [-0.3, -0.25) is 9.89 Å². The number of piperidine rings is 1. The van der Waals surface area contributed by atoms with Gasteiger partial charge in [-0.2, -0.15) is 5.10 Å². The van der Waals surface area contributed by atoms with E-state index in [4.69, 9.17) is 0 Å². The number of thiophene rings is 1. The Hall–Kier alpha value is -1.62. The summed E-state index contributed by atoms with van der Waals surface area (Å²) < 4.78 is 0. The van der Waals surface area contributed by atoms with Crippen molar-refractivity contribution in [1.82, 2.24) is 15.1 Å². The summed E-state index contributed by atoms with van der Waals surface area (Å²) in [4.78, 5) is 16.2. The van der Waals surface area contributed by atoms with Gasteiger partial charge in [0.2, 0.25) is 0 Å². The molecule has 0 aliphatic carbocycles. The second-order valence-corrected chi connectivity index (χ2v) is 6.04. The number of rotatable bonds is 2. The Morgan fingerprint density at radius 1 is 1.32 bits per heavy atom. The van der Waals surface area contributed by atoms with Gasteiger partial charge in [-0.15, -0.1) is 11.3 Å². The first-order chi connectivity index (χ1) is 9.24. The minimum absolute atomic E-state index is 0.170. The summed E-state index contributed by atoms with van der Waals surface area (Å²) in [7, 11) is 0. The summed E-state index contributed by atoms with van der Waals surface area (Å²) in [5, 5.41) is 7.16. The third kappa shape index (κ3) is 2.56. The third-order valence-electron chi connectivity index (χ3n) is 3.42. The molecule has 0 bridgehead atoms. The predicted molar refractivity (Wildman–Crippen MR) is 76.4 cm³/mol. The summed E-state index contributed by atoms with van der Waals surface area (Å²) in [6.07, 6.45) is 3.50. The number of H-pyrrole nitrogens is 1. The molecule has 0 radical (unpaired) electrons. The highest BCUT2D eigenvalue weighted by atomic mass is 32.1. The van der Waals surface area contributed by atoms with Crippen molar-refractivity contribution in [2.45, 2.75) is 26.2 Å². The molecule has 3 rings (SSSR count). The van der Waals surface area contributed by atoms with Crippen molar-refractivity contribution in [3.8, 4) is 10.6 Å². The van der Waals surface area contributed by atoms with Crippen LogP contribution in [0.4, 0.5) is 0 Å². The zero-order valence-corrected chi connectivity index (χ0v) is 11.8. The number of likely N-dealkylation sites (tertiary alicyclic amines) is 1. The van der Waals surface area contributed by atoms with Crippen molar-refractivity contribution < 1.29 is 4.79 Å². The summed E-state index contributed by atoms with van der Waals surface area (Å²) in [6.45, 7) is 3.77. The first-order valence-electron chi connectivity index (χ1n) is 6.65. The normalized spacial score (nSPS) is 15.7. The van der Waals surface area contributed by atoms with Crippen LogP contribution < -0.4 is 0 Å². The highest BCUT2D eigenvalue weighted by molar-refractivity contribution is 7.17. The molecule has 100 valence electrons. The number of aryl methyl sites for hydroxylation is 1. The van der Waals surface area contributed by atoms with Crippen LogP contribution in [0.1, 0.15) is 34.6 Å². The maximum atomic E-state index is 12.4. The minimum atomic E-state index is 0.170. The van der Waals surface area contributed by atoms with Crippen molar-refractivity contribution in [3.63, 3.8) is 0 Å². The second kappa shape index (κ2) is 5.17. The molecule has 3 heterocycles. The lowest BCUT2D eigenvalue weighted by Crippen LogP contribution is -2.35. The fraction of sp³-hybridized carbons (Fsp3) is 0.429. The van der Waals surface area contributed by atoms with E-state index in [0.717, 1.165) is 47.1 Å². The molecule has 0 saturated carbocycles. The SMILES string of the molecule is Cc1cc(-c2ccc(C(=O)N3CCCCC3)s2)n[nH]1. The lowest BCUT2D eigenvalue weighted by Gasteiger charge is -2.26. The Morgan fingerprint density at radius 3 is 2.79 bits per heavy atom. The zero-order chi connectivity index (χ0) is 13.2. The van der Waals surface area contributed by atoms with Crippen molar-refractivity contribution >= 4 is 17.2 Å². The first kappa shape index (κ1) is 12.4. The average Bonchev–Trinajstić information content (AvgIpc) is 3.07. The van der Waals surface area contributed by atoms with Crippen LogP contribution in [-0.4, -0.2) is 34.1 Å². The highest BCUT2D eigenvalue weighted by Gasteiger charge is 2.20. The number of carbonyl (C=O) groups is 1. The van der Waals surface area contributed by atoms with Gasteiger partial charge in [0.25, 0.3) is 5.91 Å². The molecule has 19 heavy (non-hydrogen) atoms. The van der Waals surface area contributed by atoms with Crippen LogP contribution in [0.25, 0.3) is 10.6 Å². The number of carbonyl (C=O) groups excluding carboxylic acids is 1. The van der Waals surface area contributed by atoms with Crippen LogP contribution in [0, 0.1) is 6.92 Å². The van der Waals surface area contributed by atoms with Crippen molar-refractivity contribution in [1.29, 1.82) is 0 Å². The molecule has 0 atom stereocenters. The van der Waals surface area contributed by atoms with Gasteiger partial charge in [0.1, 0.15) is 5.69 Å². The van der Waals surface area contributed by atoms with E-state index in [0.29, 0.717) is 0 Å². The Morgan fingerprint density at radius 2 is 2.11 bits per heavy atom. The van der Waals surface area contributed by atoms with Gasteiger partial charge in [0.05, 0.1) is 9.75 Å². The van der Waals surface area contributed by atoms with Crippen LogP contribution >= 0.6 is 11.3 Å². The summed E-state index contributed by atoms with van der Waals surface area (Å²) in [5.74, 6) is 0.170. The monoisotopic (exact) mass is 275 g/mol. The van der Waals surface area contributed by atoms with Crippen LogP contribution in [0.15, 0.2) is 18.2 Å². The third-order valence-corrected chi connectivity index (χ3v) is 4.51. The highest BCUT2D eigenvalue weighted by Crippen LogP contribution is 2.28. The van der Waals surface area contributed by atoms with Crippen molar-refractivity contribution in [2.75, 3.05) is 13.1 Å². The number of nitrogens with zero attached hydrogens (tertiary/aromatic N) is 2. The molecule has 0 spiro atoms. The number of amides is 1. The molecule has 2 aromatic rings. The Labute approximate surface area is 116 Å². The van der Waals surface area contributed by atoms with Gasteiger partial charge >= 0.3 is 0 Å². The van der Waals surface area contributed by atoms with Gasteiger partial charge < -0.3 is 4.90 Å². The van der Waals surface area contributed by atoms with E-state index in [2.05, 4.69) is 10.2 Å². The molecule has 1 saturated heterocycles. The van der Waals surface area contributed by atoms with Gasteiger partial charge in [0, 0.05) is 18.8 Å². The topological polar surface area (TPSA) is 49.0 Å². The smallest absolute Gasteiger partial charge is 0.263 e. The molecule has 1 fully saturated rings. The molecule has 1 N–H and O–H groups in total. The molecular weight excluding hydrogens is 258 g/mol. The second-order valence-electron chi connectivity index (χ2n) is 4.95. The molecule has 4 nitrogen and oxygen atoms in total. The number of hydrogen-bond acceptors (Lipinski definition) is 3. The Balaban J connectivity index is 1.79. The van der Waals surface area contributed by atoms with Gasteiger partial charge in [0.15, 0.2) is 0 Å². The number of aromatic amines is 1.